The number of para-hydroxylation sites is 2. The Morgan fingerprint density at radius 1 is 0.905 bits per heavy atom. The summed E-state index contributed by atoms with van der Waals surface area (Å²) in [6, 6.07) is 29.4. The molecule has 42 heavy (non-hydrogen) atoms. The van der Waals surface area contributed by atoms with Crippen LogP contribution in [0.15, 0.2) is 112 Å². The lowest BCUT2D eigenvalue weighted by Gasteiger charge is -2.34. The van der Waals surface area contributed by atoms with Gasteiger partial charge >= 0.3 is 0 Å². The molecule has 1 heterocycles. The van der Waals surface area contributed by atoms with E-state index in [2.05, 4.69) is 26.0 Å². The number of nitrogens with zero attached hydrogens (tertiary/aromatic N) is 1. The van der Waals surface area contributed by atoms with Crippen molar-refractivity contribution in [1.29, 1.82) is 0 Å². The van der Waals surface area contributed by atoms with Crippen LogP contribution in [0.25, 0.3) is 0 Å². The average molecular weight is 651 g/mol. The van der Waals surface area contributed by atoms with Gasteiger partial charge in [0.1, 0.15) is 11.5 Å². The molecular weight excluding hydrogens is 622 g/mol. The van der Waals surface area contributed by atoms with Gasteiger partial charge in [0.05, 0.1) is 17.1 Å². The second-order valence-electron chi connectivity index (χ2n) is 9.48. The van der Waals surface area contributed by atoms with Crippen LogP contribution in [0.2, 0.25) is 0 Å². The van der Waals surface area contributed by atoms with Crippen molar-refractivity contribution < 1.29 is 27.5 Å². The normalized spacial score (nSPS) is 14.3. The first kappa shape index (κ1) is 29.2. The number of hydrogen-bond acceptors (Lipinski definition) is 6. The van der Waals surface area contributed by atoms with Crippen molar-refractivity contribution >= 4 is 49.1 Å². The fraction of sp³-hybridized carbons (Fsp3) is 0.161. The van der Waals surface area contributed by atoms with E-state index in [1.807, 2.05) is 30.3 Å². The van der Waals surface area contributed by atoms with E-state index in [4.69, 9.17) is 9.47 Å². The minimum absolute atomic E-state index is 0.0231. The first-order valence-corrected chi connectivity index (χ1v) is 15.4. The maximum absolute atomic E-state index is 13.3. The zero-order valence-corrected chi connectivity index (χ0v) is 24.8. The fourth-order valence-corrected chi connectivity index (χ4v) is 5.69. The number of amides is 2. The molecule has 4 aromatic rings. The van der Waals surface area contributed by atoms with Crippen LogP contribution in [0.4, 0.5) is 11.4 Å². The molecule has 0 aromatic heterocycles. The van der Waals surface area contributed by atoms with Gasteiger partial charge in [-0.05, 0) is 72.6 Å². The highest BCUT2D eigenvalue weighted by molar-refractivity contribution is 9.10. The third-order valence-electron chi connectivity index (χ3n) is 6.52. The van der Waals surface area contributed by atoms with E-state index in [9.17, 15) is 18.0 Å². The number of rotatable bonds is 10. The van der Waals surface area contributed by atoms with Crippen LogP contribution in [0.5, 0.6) is 11.5 Å². The van der Waals surface area contributed by atoms with Crippen molar-refractivity contribution in [1.82, 2.24) is 5.32 Å². The van der Waals surface area contributed by atoms with Crippen LogP contribution >= 0.6 is 15.9 Å². The quantitative estimate of drug-likeness (QED) is 0.256. The largest absolute Gasteiger partial charge is 0.484 e. The highest BCUT2D eigenvalue weighted by atomic mass is 79.9. The number of sulfonamides is 1. The number of halogens is 1. The highest BCUT2D eigenvalue weighted by Crippen LogP contribution is 2.33. The van der Waals surface area contributed by atoms with Gasteiger partial charge in [-0.3, -0.25) is 14.3 Å². The molecule has 0 spiro atoms. The van der Waals surface area contributed by atoms with Crippen molar-refractivity contribution in [2.45, 2.75) is 17.4 Å². The maximum atomic E-state index is 13.3. The van der Waals surface area contributed by atoms with Gasteiger partial charge in [0.2, 0.25) is 0 Å². The predicted molar refractivity (Wildman–Crippen MR) is 163 cm³/mol. The van der Waals surface area contributed by atoms with E-state index in [1.54, 1.807) is 48.5 Å². The predicted octanol–water partition coefficient (Wildman–Crippen LogP) is 4.78. The third kappa shape index (κ3) is 7.29. The van der Waals surface area contributed by atoms with Gasteiger partial charge in [-0.15, -0.1) is 0 Å². The Morgan fingerprint density at radius 2 is 1.60 bits per heavy atom. The first-order valence-electron chi connectivity index (χ1n) is 13.2. The molecular formula is C31H28BrN3O6S. The maximum Gasteiger partial charge on any atom is 0.265 e. The molecule has 5 rings (SSSR count). The van der Waals surface area contributed by atoms with Crippen molar-refractivity contribution in [3.8, 4) is 11.5 Å². The summed E-state index contributed by atoms with van der Waals surface area (Å²) >= 11 is 3.32. The Hall–Kier alpha value is -4.35. The summed E-state index contributed by atoms with van der Waals surface area (Å²) in [7, 11) is -3.81. The molecule has 0 saturated carbocycles. The minimum atomic E-state index is -3.81. The first-order chi connectivity index (χ1) is 20.3. The molecule has 2 N–H and O–H groups in total. The third-order valence-corrected chi connectivity index (χ3v) is 8.44. The second-order valence-corrected chi connectivity index (χ2v) is 12.1. The van der Waals surface area contributed by atoms with Crippen LogP contribution in [0.3, 0.4) is 0 Å². The van der Waals surface area contributed by atoms with Gasteiger partial charge < -0.3 is 19.7 Å². The summed E-state index contributed by atoms with van der Waals surface area (Å²) in [5.41, 5.74) is 2.08. The van der Waals surface area contributed by atoms with Gasteiger partial charge in [0.25, 0.3) is 21.8 Å². The number of anilines is 2. The van der Waals surface area contributed by atoms with Crippen LogP contribution in [0.1, 0.15) is 5.56 Å². The van der Waals surface area contributed by atoms with E-state index in [0.717, 1.165) is 10.0 Å². The SMILES string of the molecule is O=C(NCCc1ccccc1)[C@@H]1CN(C(=O)COc2ccc(S(=O)(=O)Nc3ccc(Br)cc3)cc2)c2ccccc2O1. The Bertz CT molecular complexity index is 1650. The number of hydrogen-bond donors (Lipinski definition) is 2. The molecule has 4 aromatic carbocycles. The molecule has 11 heteroatoms. The molecule has 0 saturated heterocycles. The molecule has 9 nitrogen and oxygen atoms in total. The Balaban J connectivity index is 1.19. The number of nitrogens with one attached hydrogen (secondary N) is 2. The van der Waals surface area contributed by atoms with E-state index >= 15 is 0 Å². The van der Waals surface area contributed by atoms with E-state index in [-0.39, 0.29) is 29.9 Å². The molecule has 0 radical (unpaired) electrons. The Labute approximate surface area is 252 Å². The summed E-state index contributed by atoms with van der Waals surface area (Å²) in [5, 5.41) is 2.89. The monoisotopic (exact) mass is 649 g/mol. The molecule has 0 fully saturated rings. The summed E-state index contributed by atoms with van der Waals surface area (Å²) in [6.07, 6.45) is -0.213. The molecule has 1 atom stereocenters. The number of carbonyl (C=O) groups excluding carboxylic acids is 2. The van der Waals surface area contributed by atoms with E-state index in [1.165, 1.54) is 29.2 Å². The van der Waals surface area contributed by atoms with E-state index in [0.29, 0.717) is 35.8 Å². The van der Waals surface area contributed by atoms with Gasteiger partial charge in [-0.1, -0.05) is 58.4 Å². The summed E-state index contributed by atoms with van der Waals surface area (Å²) in [6.45, 7) is 0.140. The summed E-state index contributed by atoms with van der Waals surface area (Å²) in [4.78, 5) is 27.7. The van der Waals surface area contributed by atoms with Crippen LogP contribution < -0.4 is 24.4 Å². The standard InChI is InChI=1S/C31H28BrN3O6S/c32-23-10-12-24(13-11-23)34-42(38,39)26-16-14-25(15-17-26)40-21-30(36)35-20-29(41-28-9-5-4-8-27(28)35)31(37)33-19-18-22-6-2-1-3-7-22/h1-17,29,34H,18-21H2,(H,33,37)/t29-/m0/s1. The molecule has 2 amide bonds. The smallest absolute Gasteiger partial charge is 0.265 e. The molecule has 0 unspecified atom stereocenters. The number of benzene rings is 4. The molecule has 1 aliphatic rings. The number of ether oxygens (including phenoxy) is 2. The minimum Gasteiger partial charge on any atom is -0.484 e. The van der Waals surface area contributed by atoms with Crippen molar-refractivity contribution in [3.63, 3.8) is 0 Å². The van der Waals surface area contributed by atoms with Crippen LogP contribution in [-0.2, 0) is 26.0 Å². The lowest BCUT2D eigenvalue weighted by molar-refractivity contribution is -0.128. The lowest BCUT2D eigenvalue weighted by Crippen LogP contribution is -2.52. The van der Waals surface area contributed by atoms with Gasteiger partial charge in [-0.25, -0.2) is 8.42 Å². The summed E-state index contributed by atoms with van der Waals surface area (Å²) < 4.78 is 40.5. The van der Waals surface area contributed by atoms with Crippen LogP contribution in [0, 0.1) is 0 Å². The zero-order chi connectivity index (χ0) is 29.5. The molecule has 216 valence electrons. The van der Waals surface area contributed by atoms with Crippen molar-refractivity contribution in [2.75, 3.05) is 29.3 Å². The van der Waals surface area contributed by atoms with Gasteiger partial charge in [-0.2, -0.15) is 0 Å². The topological polar surface area (TPSA) is 114 Å². The zero-order valence-electron chi connectivity index (χ0n) is 22.4. The Kier molecular flexibility index (Phi) is 9.09. The summed E-state index contributed by atoms with van der Waals surface area (Å²) in [5.74, 6) is 0.0602. The van der Waals surface area contributed by atoms with Gasteiger partial charge in [0, 0.05) is 16.7 Å². The fourth-order valence-electron chi connectivity index (χ4n) is 4.37. The lowest BCUT2D eigenvalue weighted by atomic mass is 10.1. The van der Waals surface area contributed by atoms with Gasteiger partial charge in [0.15, 0.2) is 12.7 Å². The molecule has 0 bridgehead atoms. The van der Waals surface area contributed by atoms with Crippen molar-refractivity contribution in [3.05, 3.63) is 113 Å². The second kappa shape index (κ2) is 13.1. The Morgan fingerprint density at radius 3 is 2.33 bits per heavy atom. The molecule has 1 aliphatic heterocycles. The molecule has 0 aliphatic carbocycles. The van der Waals surface area contributed by atoms with E-state index < -0.39 is 16.1 Å². The van der Waals surface area contributed by atoms with Crippen LogP contribution in [-0.4, -0.2) is 46.0 Å². The average Bonchev–Trinajstić information content (AvgIpc) is 3.01. The highest BCUT2D eigenvalue weighted by Gasteiger charge is 2.33. The van der Waals surface area contributed by atoms with Crippen molar-refractivity contribution in [2.24, 2.45) is 0 Å². The number of carbonyl (C=O) groups is 2. The number of fused-ring (bicyclic) bond motifs is 1.